The van der Waals surface area contributed by atoms with Gasteiger partial charge in [0.25, 0.3) is 5.91 Å². The first-order chi connectivity index (χ1) is 6.97. The monoisotopic (exact) mass is 211 g/mol. The van der Waals surface area contributed by atoms with Crippen LogP contribution >= 0.6 is 0 Å². The van der Waals surface area contributed by atoms with Crippen LogP contribution in [0.4, 0.5) is 0 Å². The lowest BCUT2D eigenvalue weighted by molar-refractivity contribution is -0.116. The van der Waals surface area contributed by atoms with Crippen LogP contribution in [0.15, 0.2) is 16.4 Å². The van der Waals surface area contributed by atoms with Gasteiger partial charge in [-0.15, -0.1) is 0 Å². The number of nitrogens with one attached hydrogen (secondary N) is 1. The third kappa shape index (κ3) is 2.29. The van der Waals surface area contributed by atoms with E-state index in [1.54, 1.807) is 6.92 Å². The van der Waals surface area contributed by atoms with Crippen molar-refractivity contribution in [1.82, 2.24) is 5.32 Å². The molecule has 5 heteroatoms. The topological polar surface area (TPSA) is 87.7 Å². The predicted octanol–water partition coefficient (Wildman–Crippen LogP) is 0.678. The minimum atomic E-state index is -0.302. The fourth-order valence-electron chi connectivity index (χ4n) is 1.65. The van der Waals surface area contributed by atoms with Gasteiger partial charge in [-0.1, -0.05) is 13.8 Å². The number of nitrogens with zero attached hydrogens (tertiary/aromatic N) is 1. The molecule has 1 rings (SSSR count). The van der Waals surface area contributed by atoms with E-state index in [0.29, 0.717) is 18.1 Å². The van der Waals surface area contributed by atoms with Crippen LogP contribution in [0.5, 0.6) is 0 Å². The summed E-state index contributed by atoms with van der Waals surface area (Å²) in [6.07, 6.45) is 0.707. The lowest BCUT2D eigenvalue weighted by Gasteiger charge is -2.12. The first-order valence-electron chi connectivity index (χ1n) is 4.96. The summed E-state index contributed by atoms with van der Waals surface area (Å²) in [6, 6.07) is -0.302. The highest BCUT2D eigenvalue weighted by molar-refractivity contribution is 6.22. The highest BCUT2D eigenvalue weighted by atomic mass is 16.3. The average molecular weight is 211 g/mol. The van der Waals surface area contributed by atoms with E-state index >= 15 is 0 Å². The number of hydrogen-bond donors (Lipinski definition) is 3. The van der Waals surface area contributed by atoms with Gasteiger partial charge in [0.05, 0.1) is 11.8 Å². The number of hydrazone groups is 1. The molecule has 0 radical (unpaired) electrons. The average Bonchev–Trinajstić information content (AvgIpc) is 2.40. The quantitative estimate of drug-likeness (QED) is 0.364. The lowest BCUT2D eigenvalue weighted by Crippen LogP contribution is -2.30. The van der Waals surface area contributed by atoms with Crippen molar-refractivity contribution >= 4 is 11.6 Å². The summed E-state index contributed by atoms with van der Waals surface area (Å²) in [5.41, 5.74) is 0.569. The molecule has 84 valence electrons. The van der Waals surface area contributed by atoms with Crippen molar-refractivity contribution in [2.24, 2.45) is 16.9 Å². The van der Waals surface area contributed by atoms with E-state index in [1.807, 2.05) is 13.8 Å². The number of hydrogen-bond acceptors (Lipinski definition) is 4. The second-order valence-electron chi connectivity index (χ2n) is 4.13. The summed E-state index contributed by atoms with van der Waals surface area (Å²) in [6.45, 7) is 5.66. The minimum Gasteiger partial charge on any atom is -0.509 e. The molecule has 1 aliphatic heterocycles. The molecule has 0 bridgehead atoms. The minimum absolute atomic E-state index is 0.0559. The van der Waals surface area contributed by atoms with E-state index in [4.69, 9.17) is 5.84 Å². The molecular weight excluding hydrogens is 194 g/mol. The number of aliphatic hydroxyl groups is 1. The molecule has 0 aliphatic carbocycles. The molecule has 5 nitrogen and oxygen atoms in total. The van der Waals surface area contributed by atoms with Gasteiger partial charge >= 0.3 is 0 Å². The van der Waals surface area contributed by atoms with Crippen molar-refractivity contribution in [1.29, 1.82) is 0 Å². The van der Waals surface area contributed by atoms with E-state index in [9.17, 15) is 9.90 Å². The van der Waals surface area contributed by atoms with Crippen LogP contribution < -0.4 is 11.2 Å². The van der Waals surface area contributed by atoms with Gasteiger partial charge in [-0.05, 0) is 19.3 Å². The van der Waals surface area contributed by atoms with Gasteiger partial charge in [0, 0.05) is 0 Å². The molecule has 1 unspecified atom stereocenters. The molecule has 0 fully saturated rings. The zero-order valence-corrected chi connectivity index (χ0v) is 9.24. The summed E-state index contributed by atoms with van der Waals surface area (Å²) in [5, 5.41) is 16.0. The summed E-state index contributed by atoms with van der Waals surface area (Å²) < 4.78 is 0. The van der Waals surface area contributed by atoms with Crippen LogP contribution in [0, 0.1) is 5.92 Å². The van der Waals surface area contributed by atoms with E-state index in [0.717, 1.165) is 0 Å². The van der Waals surface area contributed by atoms with Gasteiger partial charge in [-0.25, -0.2) is 0 Å². The van der Waals surface area contributed by atoms with E-state index in [1.165, 1.54) is 0 Å². The first kappa shape index (κ1) is 11.6. The molecule has 0 aromatic rings. The Morgan fingerprint density at radius 1 is 1.67 bits per heavy atom. The maximum atomic E-state index is 11.5. The van der Waals surface area contributed by atoms with Gasteiger partial charge in [0.1, 0.15) is 11.3 Å². The Balaban J connectivity index is 2.94. The van der Waals surface area contributed by atoms with Crippen molar-refractivity contribution in [3.63, 3.8) is 0 Å². The Morgan fingerprint density at radius 2 is 2.27 bits per heavy atom. The molecule has 1 heterocycles. The van der Waals surface area contributed by atoms with E-state index in [-0.39, 0.29) is 23.3 Å². The van der Waals surface area contributed by atoms with Crippen LogP contribution in [0.3, 0.4) is 0 Å². The molecular formula is C10H17N3O2. The molecule has 1 atom stereocenters. The number of aliphatic hydroxyl groups excluding tert-OH is 1. The Labute approximate surface area is 89.0 Å². The third-order valence-corrected chi connectivity index (χ3v) is 2.38. The second kappa shape index (κ2) is 4.33. The molecule has 4 N–H and O–H groups in total. The third-order valence-electron chi connectivity index (χ3n) is 2.38. The molecule has 1 amide bonds. The van der Waals surface area contributed by atoms with Crippen LogP contribution in [0.25, 0.3) is 0 Å². The molecule has 0 spiro atoms. The second-order valence-corrected chi connectivity index (χ2v) is 4.13. The number of amides is 1. The summed E-state index contributed by atoms with van der Waals surface area (Å²) in [4.78, 5) is 11.5. The SMILES string of the molecule is C/C(=N/N)C1=C(O)C(CC(C)C)NC1=O. The van der Waals surface area contributed by atoms with Crippen molar-refractivity contribution in [3.8, 4) is 0 Å². The van der Waals surface area contributed by atoms with E-state index < -0.39 is 0 Å². The van der Waals surface area contributed by atoms with Gasteiger partial charge in [-0.2, -0.15) is 5.10 Å². The largest absolute Gasteiger partial charge is 0.509 e. The van der Waals surface area contributed by atoms with Crippen LogP contribution in [0.2, 0.25) is 0 Å². The maximum absolute atomic E-state index is 11.5. The standard InChI is InChI=1S/C10H17N3O2/c1-5(2)4-7-9(14)8(6(3)13-11)10(15)12-7/h5,7,14H,4,11H2,1-3H3,(H,12,15)/b13-6-. The smallest absolute Gasteiger partial charge is 0.257 e. The Hall–Kier alpha value is -1.52. The fourth-order valence-corrected chi connectivity index (χ4v) is 1.65. The molecule has 0 aromatic carbocycles. The summed E-state index contributed by atoms with van der Waals surface area (Å²) in [7, 11) is 0. The predicted molar refractivity (Wildman–Crippen MR) is 58.3 cm³/mol. The zero-order chi connectivity index (χ0) is 11.6. The molecule has 0 saturated heterocycles. The molecule has 0 aromatic heterocycles. The van der Waals surface area contributed by atoms with Gasteiger partial charge in [-0.3, -0.25) is 4.79 Å². The lowest BCUT2D eigenvalue weighted by atomic mass is 10.0. The molecule has 0 saturated carbocycles. The van der Waals surface area contributed by atoms with Gasteiger partial charge < -0.3 is 16.3 Å². The zero-order valence-electron chi connectivity index (χ0n) is 9.24. The van der Waals surface area contributed by atoms with Gasteiger partial charge in [0.2, 0.25) is 0 Å². The van der Waals surface area contributed by atoms with Crippen molar-refractivity contribution < 1.29 is 9.90 Å². The Kier molecular flexibility index (Phi) is 3.34. The van der Waals surface area contributed by atoms with E-state index in [2.05, 4.69) is 10.4 Å². The van der Waals surface area contributed by atoms with Crippen LogP contribution in [0.1, 0.15) is 27.2 Å². The number of carbonyl (C=O) groups excluding carboxylic acids is 1. The van der Waals surface area contributed by atoms with Crippen molar-refractivity contribution in [3.05, 3.63) is 11.3 Å². The molecule has 1 aliphatic rings. The number of carbonyl (C=O) groups is 1. The van der Waals surface area contributed by atoms with Crippen molar-refractivity contribution in [2.75, 3.05) is 0 Å². The summed E-state index contributed by atoms with van der Waals surface area (Å²) in [5.74, 6) is 5.24. The fraction of sp³-hybridized carbons (Fsp3) is 0.600. The first-order valence-corrected chi connectivity index (χ1v) is 4.96. The maximum Gasteiger partial charge on any atom is 0.257 e. The normalized spacial score (nSPS) is 22.5. The Bertz CT molecular complexity index is 332. The Morgan fingerprint density at radius 3 is 2.73 bits per heavy atom. The van der Waals surface area contributed by atoms with Crippen LogP contribution in [-0.4, -0.2) is 22.8 Å². The highest BCUT2D eigenvalue weighted by Crippen LogP contribution is 2.21. The number of nitrogens with two attached hydrogens (primary N) is 1. The number of rotatable bonds is 3. The van der Waals surface area contributed by atoms with Crippen molar-refractivity contribution in [2.45, 2.75) is 33.2 Å². The van der Waals surface area contributed by atoms with Crippen LogP contribution in [-0.2, 0) is 4.79 Å². The molecule has 15 heavy (non-hydrogen) atoms. The highest BCUT2D eigenvalue weighted by Gasteiger charge is 2.33. The summed E-state index contributed by atoms with van der Waals surface area (Å²) >= 11 is 0. The van der Waals surface area contributed by atoms with Gasteiger partial charge in [0.15, 0.2) is 0 Å².